The molecule has 0 aliphatic heterocycles. The number of benzene rings is 2. The van der Waals surface area contributed by atoms with E-state index in [4.69, 9.17) is 16.6 Å². The molecule has 2 atom stereocenters. The quantitative estimate of drug-likeness (QED) is 0.142. The molecule has 202 valence electrons. The van der Waals surface area contributed by atoms with Crippen LogP contribution in [0.15, 0.2) is 59.6 Å². The van der Waals surface area contributed by atoms with Gasteiger partial charge in [0.25, 0.3) is 5.91 Å². The summed E-state index contributed by atoms with van der Waals surface area (Å²) in [5.74, 6) is -3.52. The molecule has 0 spiro atoms. The minimum Gasteiger partial charge on any atom is -0.481 e. The van der Waals surface area contributed by atoms with Crippen molar-refractivity contribution in [2.45, 2.75) is 38.9 Å². The van der Waals surface area contributed by atoms with Crippen LogP contribution in [0.2, 0.25) is 0 Å². The van der Waals surface area contributed by atoms with Gasteiger partial charge in [-0.2, -0.15) is 0 Å². The lowest BCUT2D eigenvalue weighted by atomic mass is 10.0. The summed E-state index contributed by atoms with van der Waals surface area (Å²) in [5, 5.41) is 14.0. The van der Waals surface area contributed by atoms with Crippen LogP contribution >= 0.6 is 0 Å². The third kappa shape index (κ3) is 9.37. The minimum absolute atomic E-state index is 0.0603. The molecule has 0 aromatic heterocycles. The van der Waals surface area contributed by atoms with Gasteiger partial charge >= 0.3 is 5.97 Å². The van der Waals surface area contributed by atoms with E-state index >= 15 is 0 Å². The Labute approximate surface area is 220 Å². The van der Waals surface area contributed by atoms with Gasteiger partial charge in [0.1, 0.15) is 12.3 Å². The summed E-state index contributed by atoms with van der Waals surface area (Å²) in [4.78, 5) is 66.6. The van der Waals surface area contributed by atoms with Gasteiger partial charge in [0.2, 0.25) is 11.8 Å². The Morgan fingerprint density at radius 2 is 1.71 bits per heavy atom. The molecule has 0 saturated carbocycles. The highest BCUT2D eigenvalue weighted by Crippen LogP contribution is 2.17. The number of carboxylic acids is 1. The van der Waals surface area contributed by atoms with Gasteiger partial charge in [-0.3, -0.25) is 19.2 Å². The van der Waals surface area contributed by atoms with E-state index < -0.39 is 48.7 Å². The number of nitrogens with one attached hydrogen (secondary N) is 2. The Bertz CT molecular complexity index is 1180. The number of aliphatic carboxylic acids is 1. The number of aliphatic imine (C=N–C) groups is 1. The molecule has 2 aromatic carbocycles. The molecule has 2 rings (SSSR count). The molecule has 0 bridgehead atoms. The first-order chi connectivity index (χ1) is 18.0. The molecular formula is C26H32N6O6. The van der Waals surface area contributed by atoms with Gasteiger partial charge in [-0.15, -0.1) is 0 Å². The first kappa shape index (κ1) is 29.5. The maximum atomic E-state index is 13.7. The summed E-state index contributed by atoms with van der Waals surface area (Å²) in [5.41, 5.74) is 12.3. The number of carbonyl (C=O) groups is 5. The molecule has 3 amide bonds. The largest absolute Gasteiger partial charge is 0.481 e. The van der Waals surface area contributed by atoms with Crippen LogP contribution in [0, 0.1) is 5.92 Å². The van der Waals surface area contributed by atoms with Crippen LogP contribution in [-0.4, -0.2) is 64.6 Å². The standard InChI is InChI=1S/C26H32N6O6/c1-16(2)23(31-24(37)18-8-4-3-5-9-18)25(38)32(14-21(34)29-20(15-33)12-22(35)36)13-17-7-6-10-19(11-17)30-26(27)28/h3-11,15-16,20,23H,12-14H2,1-2H3,(H,29,34)(H,31,37)(H,35,36)(H4,27,28,30). The van der Waals surface area contributed by atoms with Crippen LogP contribution in [0.3, 0.4) is 0 Å². The van der Waals surface area contributed by atoms with E-state index in [1.165, 1.54) is 4.90 Å². The Morgan fingerprint density at radius 3 is 2.29 bits per heavy atom. The molecule has 12 nitrogen and oxygen atoms in total. The average Bonchev–Trinajstić information content (AvgIpc) is 2.85. The van der Waals surface area contributed by atoms with Crippen LogP contribution < -0.4 is 22.1 Å². The zero-order chi connectivity index (χ0) is 28.2. The second-order valence-electron chi connectivity index (χ2n) is 8.87. The predicted molar refractivity (Wildman–Crippen MR) is 140 cm³/mol. The van der Waals surface area contributed by atoms with Crippen molar-refractivity contribution in [3.63, 3.8) is 0 Å². The summed E-state index contributed by atoms with van der Waals surface area (Å²) in [7, 11) is 0. The number of carbonyl (C=O) groups excluding carboxylic acids is 4. The van der Waals surface area contributed by atoms with E-state index in [1.807, 2.05) is 0 Å². The number of nitrogens with zero attached hydrogens (tertiary/aromatic N) is 2. The summed E-state index contributed by atoms with van der Waals surface area (Å²) in [6.45, 7) is 2.94. The minimum atomic E-state index is -1.27. The Balaban J connectivity index is 2.34. The molecule has 12 heteroatoms. The van der Waals surface area contributed by atoms with Crippen molar-refractivity contribution >= 4 is 41.6 Å². The first-order valence-corrected chi connectivity index (χ1v) is 11.8. The van der Waals surface area contributed by atoms with E-state index in [2.05, 4.69) is 15.6 Å². The molecule has 0 fully saturated rings. The van der Waals surface area contributed by atoms with Crippen LogP contribution in [0.25, 0.3) is 0 Å². The van der Waals surface area contributed by atoms with Crippen molar-refractivity contribution in [3.8, 4) is 0 Å². The molecule has 0 saturated heterocycles. The average molecular weight is 525 g/mol. The Kier molecular flexibility index (Phi) is 11.0. The van der Waals surface area contributed by atoms with Gasteiger partial charge in [0.05, 0.1) is 24.7 Å². The van der Waals surface area contributed by atoms with Crippen molar-refractivity contribution < 1.29 is 29.1 Å². The number of guanidine groups is 1. The fraction of sp³-hybridized carbons (Fsp3) is 0.308. The fourth-order valence-electron chi connectivity index (χ4n) is 3.58. The molecule has 0 radical (unpaired) electrons. The lowest BCUT2D eigenvalue weighted by Gasteiger charge is -2.30. The van der Waals surface area contributed by atoms with Gasteiger partial charge in [0, 0.05) is 12.1 Å². The second kappa shape index (κ2) is 14.1. The summed E-state index contributed by atoms with van der Waals surface area (Å²) >= 11 is 0. The Morgan fingerprint density at radius 1 is 1.03 bits per heavy atom. The van der Waals surface area contributed by atoms with E-state index in [9.17, 15) is 24.0 Å². The van der Waals surface area contributed by atoms with Crippen molar-refractivity contribution in [1.29, 1.82) is 0 Å². The molecule has 0 aliphatic carbocycles. The number of hydrogen-bond donors (Lipinski definition) is 5. The monoisotopic (exact) mass is 524 g/mol. The fourth-order valence-corrected chi connectivity index (χ4v) is 3.58. The molecule has 2 unspecified atom stereocenters. The van der Waals surface area contributed by atoms with Crippen LogP contribution in [-0.2, 0) is 25.7 Å². The molecule has 2 aromatic rings. The SMILES string of the molecule is CC(C)C(NC(=O)c1ccccc1)C(=O)N(CC(=O)NC(C=O)CC(=O)O)Cc1cccc(N=C(N)N)c1. The molecule has 0 aliphatic rings. The van der Waals surface area contributed by atoms with Crippen molar-refractivity contribution in [1.82, 2.24) is 15.5 Å². The van der Waals surface area contributed by atoms with Crippen molar-refractivity contribution in [2.75, 3.05) is 6.54 Å². The summed E-state index contributed by atoms with van der Waals surface area (Å²) < 4.78 is 0. The van der Waals surface area contributed by atoms with Gasteiger partial charge in [-0.25, -0.2) is 4.99 Å². The van der Waals surface area contributed by atoms with Crippen molar-refractivity contribution in [2.24, 2.45) is 22.4 Å². The normalized spacial score (nSPS) is 12.1. The third-order valence-corrected chi connectivity index (χ3v) is 5.35. The molecule has 38 heavy (non-hydrogen) atoms. The highest BCUT2D eigenvalue weighted by atomic mass is 16.4. The smallest absolute Gasteiger partial charge is 0.305 e. The van der Waals surface area contributed by atoms with Crippen molar-refractivity contribution in [3.05, 3.63) is 65.7 Å². The van der Waals surface area contributed by atoms with Gasteiger partial charge in [-0.1, -0.05) is 44.2 Å². The van der Waals surface area contributed by atoms with E-state index in [0.717, 1.165) is 0 Å². The zero-order valence-electron chi connectivity index (χ0n) is 21.2. The number of carboxylic acid groups (broad SMARTS) is 1. The van der Waals surface area contributed by atoms with E-state index in [0.29, 0.717) is 23.1 Å². The predicted octanol–water partition coefficient (Wildman–Crippen LogP) is 0.533. The number of nitrogens with two attached hydrogens (primary N) is 2. The van der Waals surface area contributed by atoms with Crippen LogP contribution in [0.1, 0.15) is 36.2 Å². The van der Waals surface area contributed by atoms with Crippen LogP contribution in [0.5, 0.6) is 0 Å². The first-order valence-electron chi connectivity index (χ1n) is 11.8. The highest BCUT2D eigenvalue weighted by molar-refractivity contribution is 5.98. The van der Waals surface area contributed by atoms with Gasteiger partial charge in [0.15, 0.2) is 5.96 Å². The number of aldehydes is 1. The Hall–Kier alpha value is -4.74. The maximum Gasteiger partial charge on any atom is 0.305 e. The van der Waals surface area contributed by atoms with E-state index in [1.54, 1.807) is 68.4 Å². The topological polar surface area (TPSA) is 197 Å². The highest BCUT2D eigenvalue weighted by Gasteiger charge is 2.31. The third-order valence-electron chi connectivity index (χ3n) is 5.35. The molecule has 0 heterocycles. The lowest BCUT2D eigenvalue weighted by Crippen LogP contribution is -2.53. The van der Waals surface area contributed by atoms with Gasteiger partial charge < -0.3 is 36.9 Å². The van der Waals surface area contributed by atoms with E-state index in [-0.39, 0.29) is 18.4 Å². The molecular weight excluding hydrogens is 492 g/mol. The van der Waals surface area contributed by atoms with Gasteiger partial charge in [-0.05, 0) is 35.7 Å². The number of hydrogen-bond acceptors (Lipinski definition) is 6. The van der Waals surface area contributed by atoms with Crippen LogP contribution in [0.4, 0.5) is 5.69 Å². The lowest BCUT2D eigenvalue weighted by molar-refractivity contribution is -0.141. The number of amides is 3. The summed E-state index contributed by atoms with van der Waals surface area (Å²) in [6, 6.07) is 12.8. The number of rotatable bonds is 13. The zero-order valence-corrected chi connectivity index (χ0v) is 21.2. The second-order valence-corrected chi connectivity index (χ2v) is 8.87. The molecule has 7 N–H and O–H groups in total. The summed E-state index contributed by atoms with van der Waals surface area (Å²) in [6.07, 6.45) is -0.292. The maximum absolute atomic E-state index is 13.7.